The predicted molar refractivity (Wildman–Crippen MR) is 111 cm³/mol. The van der Waals surface area contributed by atoms with E-state index in [2.05, 4.69) is 20.9 Å². The second kappa shape index (κ2) is 6.79. The first-order valence-corrected chi connectivity index (χ1v) is 10.5. The Bertz CT molecular complexity index is 1240. The van der Waals surface area contributed by atoms with E-state index in [0.29, 0.717) is 5.69 Å². The van der Waals surface area contributed by atoms with Crippen LogP contribution in [0.2, 0.25) is 0 Å². The van der Waals surface area contributed by atoms with Crippen molar-refractivity contribution in [3.63, 3.8) is 0 Å². The Kier molecular flexibility index (Phi) is 4.43. The zero-order chi connectivity index (χ0) is 19.9. The number of sulfonamides is 1. The number of hydrogen-bond donors (Lipinski definition) is 1. The largest absolute Gasteiger partial charge is 0.320 e. The Morgan fingerprint density at radius 3 is 2.43 bits per heavy atom. The lowest BCUT2D eigenvalue weighted by molar-refractivity contribution is 0.593. The van der Waals surface area contributed by atoms with Gasteiger partial charge in [0.15, 0.2) is 0 Å². The first-order valence-electron chi connectivity index (χ1n) is 8.91. The van der Waals surface area contributed by atoms with E-state index in [1.165, 1.54) is 0 Å². The van der Waals surface area contributed by atoms with Crippen LogP contribution in [0.4, 0.5) is 5.69 Å². The molecule has 3 aromatic heterocycles. The van der Waals surface area contributed by atoms with Crippen molar-refractivity contribution < 1.29 is 8.42 Å². The Labute approximate surface area is 163 Å². The fourth-order valence-electron chi connectivity index (χ4n) is 2.97. The van der Waals surface area contributed by atoms with Gasteiger partial charge < -0.3 is 4.40 Å². The predicted octanol–water partition coefficient (Wildman–Crippen LogP) is 3.55. The third-order valence-electron chi connectivity index (χ3n) is 4.60. The van der Waals surface area contributed by atoms with Crippen molar-refractivity contribution in [1.29, 1.82) is 0 Å². The average Bonchev–Trinajstić information content (AvgIpc) is 3.27. The molecule has 0 saturated carbocycles. The molecule has 28 heavy (non-hydrogen) atoms. The molecule has 0 fully saturated rings. The maximum Gasteiger partial charge on any atom is 0.235 e. The van der Waals surface area contributed by atoms with E-state index < -0.39 is 15.3 Å². The highest BCUT2D eigenvalue weighted by Crippen LogP contribution is 2.29. The molecule has 0 atom stereocenters. The van der Waals surface area contributed by atoms with Gasteiger partial charge in [0.05, 0.1) is 22.7 Å². The van der Waals surface area contributed by atoms with Crippen LogP contribution in [-0.4, -0.2) is 32.8 Å². The topological polar surface area (TPSA) is 81.3 Å². The fourth-order valence-corrected chi connectivity index (χ4v) is 3.67. The molecule has 0 radical (unpaired) electrons. The molecule has 1 aromatic carbocycles. The number of nitrogens with one attached hydrogen (secondary N) is 1. The van der Waals surface area contributed by atoms with Crippen LogP contribution in [0.5, 0.6) is 0 Å². The highest BCUT2D eigenvalue weighted by Gasteiger charge is 2.16. The summed E-state index contributed by atoms with van der Waals surface area (Å²) in [7, 11) is -1.48. The summed E-state index contributed by atoms with van der Waals surface area (Å²) in [6.45, 7) is 3.29. The van der Waals surface area contributed by atoms with Gasteiger partial charge in [-0.15, -0.1) is 0 Å². The van der Waals surface area contributed by atoms with Crippen LogP contribution in [0, 0.1) is 0 Å². The van der Waals surface area contributed by atoms with Gasteiger partial charge in [-0.25, -0.2) is 8.42 Å². The van der Waals surface area contributed by atoms with E-state index in [-0.39, 0.29) is 0 Å². The highest BCUT2D eigenvalue weighted by atomic mass is 32.2. The molecular weight excluding hydrogens is 374 g/mol. The lowest BCUT2D eigenvalue weighted by Crippen LogP contribution is -2.22. The fraction of sp³-hybridized carbons (Fsp3) is 0.200. The van der Waals surface area contributed by atoms with Crippen LogP contribution in [0.25, 0.3) is 27.9 Å². The molecule has 0 saturated heterocycles. The van der Waals surface area contributed by atoms with Crippen LogP contribution < -0.4 is 4.72 Å². The molecule has 0 bridgehead atoms. The normalized spacial score (nSPS) is 12.0. The van der Waals surface area contributed by atoms with Crippen LogP contribution in [0.1, 0.15) is 13.8 Å². The SMILES string of the molecule is CC(C)S(=O)(=O)Nc1ccc(-c2nccn3cc(-c4cnn(C)c4)cc23)cc1. The number of fused-ring (bicyclic) bond motifs is 1. The number of rotatable bonds is 5. The Balaban J connectivity index is 1.70. The summed E-state index contributed by atoms with van der Waals surface area (Å²) in [6, 6.07) is 9.33. The van der Waals surface area contributed by atoms with E-state index >= 15 is 0 Å². The van der Waals surface area contributed by atoms with Crippen molar-refractivity contribution in [3.8, 4) is 22.4 Å². The summed E-state index contributed by atoms with van der Waals surface area (Å²) in [6.07, 6.45) is 9.51. The number of aromatic nitrogens is 4. The first kappa shape index (κ1) is 18.2. The van der Waals surface area contributed by atoms with Crippen LogP contribution in [-0.2, 0) is 17.1 Å². The van der Waals surface area contributed by atoms with E-state index in [9.17, 15) is 8.42 Å². The van der Waals surface area contributed by atoms with E-state index in [1.807, 2.05) is 48.4 Å². The summed E-state index contributed by atoms with van der Waals surface area (Å²) in [5, 5.41) is 3.74. The van der Waals surface area contributed by atoms with Gasteiger partial charge in [0, 0.05) is 54.2 Å². The molecular formula is C20H21N5O2S. The minimum atomic E-state index is -3.37. The molecule has 0 spiro atoms. The van der Waals surface area contributed by atoms with Gasteiger partial charge in [-0.2, -0.15) is 5.10 Å². The van der Waals surface area contributed by atoms with Gasteiger partial charge in [0.1, 0.15) is 0 Å². The molecule has 0 aliphatic heterocycles. The van der Waals surface area contributed by atoms with Crippen molar-refractivity contribution >= 4 is 21.2 Å². The Hall–Kier alpha value is -3.13. The maximum atomic E-state index is 12.0. The monoisotopic (exact) mass is 395 g/mol. The van der Waals surface area contributed by atoms with Gasteiger partial charge in [-0.1, -0.05) is 12.1 Å². The third kappa shape index (κ3) is 3.38. The standard InChI is InChI=1S/C20H21N5O2S/c1-14(2)28(26,27)23-18-6-4-15(5-7-18)20-19-10-16(13-25(19)9-8-21-20)17-11-22-24(3)12-17/h4-14,23H,1-3H3. The van der Waals surface area contributed by atoms with Crippen LogP contribution in [0.3, 0.4) is 0 Å². The molecule has 0 amide bonds. The highest BCUT2D eigenvalue weighted by molar-refractivity contribution is 7.93. The van der Waals surface area contributed by atoms with Crippen molar-refractivity contribution in [3.05, 3.63) is 61.3 Å². The number of hydrogen-bond acceptors (Lipinski definition) is 4. The Morgan fingerprint density at radius 2 is 1.79 bits per heavy atom. The number of nitrogens with zero attached hydrogens (tertiary/aromatic N) is 4. The van der Waals surface area contributed by atoms with Gasteiger partial charge in [0.2, 0.25) is 10.0 Å². The molecule has 4 aromatic rings. The maximum absolute atomic E-state index is 12.0. The summed E-state index contributed by atoms with van der Waals surface area (Å²) in [5.41, 5.74) is 5.34. The van der Waals surface area contributed by atoms with Crippen molar-refractivity contribution in [1.82, 2.24) is 19.2 Å². The minimum Gasteiger partial charge on any atom is -0.320 e. The zero-order valence-corrected chi connectivity index (χ0v) is 16.7. The van der Waals surface area contributed by atoms with Crippen LogP contribution in [0.15, 0.2) is 61.3 Å². The van der Waals surface area contributed by atoms with Gasteiger partial charge in [0.25, 0.3) is 0 Å². The van der Waals surface area contributed by atoms with E-state index in [0.717, 1.165) is 27.9 Å². The Morgan fingerprint density at radius 1 is 1.04 bits per heavy atom. The van der Waals surface area contributed by atoms with Gasteiger partial charge >= 0.3 is 0 Å². The molecule has 144 valence electrons. The second-order valence-electron chi connectivity index (χ2n) is 6.97. The molecule has 3 heterocycles. The quantitative estimate of drug-likeness (QED) is 0.560. The van der Waals surface area contributed by atoms with E-state index in [1.54, 1.807) is 36.9 Å². The number of anilines is 1. The zero-order valence-electron chi connectivity index (χ0n) is 15.9. The molecule has 7 nitrogen and oxygen atoms in total. The molecule has 1 N–H and O–H groups in total. The summed E-state index contributed by atoms with van der Waals surface area (Å²) in [5.74, 6) is 0. The first-order chi connectivity index (χ1) is 13.3. The lowest BCUT2D eigenvalue weighted by Gasteiger charge is -2.11. The van der Waals surface area contributed by atoms with Crippen molar-refractivity contribution in [2.75, 3.05) is 4.72 Å². The summed E-state index contributed by atoms with van der Waals surface area (Å²) < 4.78 is 30.5. The van der Waals surface area contributed by atoms with Gasteiger partial charge in [-0.05, 0) is 32.0 Å². The summed E-state index contributed by atoms with van der Waals surface area (Å²) >= 11 is 0. The molecule has 0 aliphatic rings. The minimum absolute atomic E-state index is 0.491. The second-order valence-corrected chi connectivity index (χ2v) is 9.21. The molecule has 8 heteroatoms. The smallest absolute Gasteiger partial charge is 0.235 e. The molecule has 4 rings (SSSR count). The van der Waals surface area contributed by atoms with Gasteiger partial charge in [-0.3, -0.25) is 14.4 Å². The van der Waals surface area contributed by atoms with E-state index in [4.69, 9.17) is 0 Å². The third-order valence-corrected chi connectivity index (χ3v) is 6.36. The molecule has 0 aliphatic carbocycles. The van der Waals surface area contributed by atoms with Crippen molar-refractivity contribution in [2.24, 2.45) is 7.05 Å². The lowest BCUT2D eigenvalue weighted by atomic mass is 10.1. The molecule has 0 unspecified atom stereocenters. The number of benzene rings is 1. The average molecular weight is 395 g/mol. The van der Waals surface area contributed by atoms with Crippen molar-refractivity contribution in [2.45, 2.75) is 19.1 Å². The number of aryl methyl sites for hydroxylation is 1. The van der Waals surface area contributed by atoms with Crippen LogP contribution >= 0.6 is 0 Å². The summed E-state index contributed by atoms with van der Waals surface area (Å²) in [4.78, 5) is 4.54.